The fraction of sp³-hybridized carbons (Fsp3) is 0.304. The van der Waals surface area contributed by atoms with Crippen molar-refractivity contribution in [3.8, 4) is 11.5 Å². The Bertz CT molecular complexity index is 945. The first-order chi connectivity index (χ1) is 13.2. The van der Waals surface area contributed by atoms with Crippen molar-refractivity contribution in [2.24, 2.45) is 5.92 Å². The molecule has 28 heavy (non-hydrogen) atoms. The van der Waals surface area contributed by atoms with Crippen LogP contribution in [0.3, 0.4) is 0 Å². The number of rotatable bonds is 1. The van der Waals surface area contributed by atoms with Gasteiger partial charge in [-0.2, -0.15) is 0 Å². The van der Waals surface area contributed by atoms with Gasteiger partial charge in [-0.1, -0.05) is 30.3 Å². The molecule has 1 atom stereocenters. The van der Waals surface area contributed by atoms with Crippen LogP contribution in [0.5, 0.6) is 0 Å². The minimum Gasteiger partial charge on any atom is -0.518 e. The van der Waals surface area contributed by atoms with Gasteiger partial charge in [-0.15, -0.1) is 17.5 Å². The minimum absolute atomic E-state index is 0. The van der Waals surface area contributed by atoms with Crippen molar-refractivity contribution in [1.29, 1.82) is 0 Å². The van der Waals surface area contributed by atoms with Crippen LogP contribution in [0.2, 0.25) is 0 Å². The molecule has 1 aromatic carbocycles. The van der Waals surface area contributed by atoms with Crippen molar-refractivity contribution >= 4 is 16.8 Å². The standard InChI is InChI=1S/C13H8NO.C10H14O2.Ir/c1-2-7-12-10(5-1)9-13(15-12)11-6-3-4-8-14-11;11-8-5-1-3-7-4-2-6-9(12)10(7)8;/h1-8H;7,11H,1-6H2;/q-1;;. The number of hydrogen-bond donors (Lipinski definition) is 1. The zero-order chi connectivity index (χ0) is 18.6. The van der Waals surface area contributed by atoms with Crippen molar-refractivity contribution < 1.29 is 34.4 Å². The Balaban J connectivity index is 0.000000159. The molecule has 2 heterocycles. The van der Waals surface area contributed by atoms with Crippen LogP contribution >= 0.6 is 0 Å². The first kappa shape index (κ1) is 20.5. The molecule has 2 aromatic heterocycles. The van der Waals surface area contributed by atoms with Crippen molar-refractivity contribution in [1.82, 2.24) is 4.98 Å². The molecule has 1 N–H and O–H groups in total. The SMILES string of the molecule is O=C1CCCC2CCCC(O)=C12.[Ir].[c-]1c(-c2ccccn2)oc2ccccc12. The Kier molecular flexibility index (Phi) is 6.82. The van der Waals surface area contributed by atoms with E-state index in [9.17, 15) is 9.90 Å². The van der Waals surface area contributed by atoms with Crippen LogP contribution < -0.4 is 0 Å². The number of Topliss-reactive ketones (excluding diaryl/α,β-unsaturated/α-hetero) is 1. The van der Waals surface area contributed by atoms with Gasteiger partial charge in [-0.05, 0) is 37.7 Å². The minimum atomic E-state index is 0. The van der Waals surface area contributed by atoms with E-state index >= 15 is 0 Å². The molecule has 0 aliphatic heterocycles. The number of aliphatic hydroxyl groups excluding tert-OH is 1. The van der Waals surface area contributed by atoms with Crippen molar-refractivity contribution in [3.63, 3.8) is 0 Å². The zero-order valence-electron chi connectivity index (χ0n) is 15.5. The fourth-order valence-corrected chi connectivity index (χ4v) is 3.88. The van der Waals surface area contributed by atoms with Gasteiger partial charge in [0.25, 0.3) is 0 Å². The maximum atomic E-state index is 11.4. The molecule has 2 aliphatic carbocycles. The molecular formula is C23H22IrNO3-. The molecule has 2 aliphatic rings. The summed E-state index contributed by atoms with van der Waals surface area (Å²) in [7, 11) is 0. The van der Waals surface area contributed by atoms with E-state index in [-0.39, 0.29) is 25.9 Å². The molecule has 0 spiro atoms. The van der Waals surface area contributed by atoms with Gasteiger partial charge in [0.05, 0.1) is 11.5 Å². The average Bonchev–Trinajstić information content (AvgIpc) is 3.14. The number of aliphatic hydroxyl groups is 1. The van der Waals surface area contributed by atoms with E-state index in [1.807, 2.05) is 42.5 Å². The number of fused-ring (bicyclic) bond motifs is 2. The molecule has 1 saturated carbocycles. The monoisotopic (exact) mass is 553 g/mol. The Morgan fingerprint density at radius 3 is 2.50 bits per heavy atom. The Morgan fingerprint density at radius 1 is 1.04 bits per heavy atom. The molecule has 3 aromatic rings. The van der Waals surface area contributed by atoms with E-state index in [4.69, 9.17) is 4.42 Å². The maximum absolute atomic E-state index is 11.4. The van der Waals surface area contributed by atoms with Crippen molar-refractivity contribution in [2.45, 2.75) is 38.5 Å². The number of carbonyl (C=O) groups is 1. The molecule has 147 valence electrons. The van der Waals surface area contributed by atoms with E-state index in [2.05, 4.69) is 11.1 Å². The molecule has 1 unspecified atom stereocenters. The van der Waals surface area contributed by atoms with Gasteiger partial charge in [-0.3, -0.25) is 4.79 Å². The number of pyridine rings is 1. The Hall–Kier alpha value is -2.23. The number of aromatic nitrogens is 1. The third-order valence-electron chi connectivity index (χ3n) is 5.19. The summed E-state index contributed by atoms with van der Waals surface area (Å²) in [5.74, 6) is 1.66. The van der Waals surface area contributed by atoms with Crippen molar-refractivity contribution in [3.05, 3.63) is 66.1 Å². The topological polar surface area (TPSA) is 63.3 Å². The smallest absolute Gasteiger partial charge is 0.162 e. The van der Waals surface area contributed by atoms with Crippen LogP contribution in [-0.2, 0) is 24.9 Å². The summed E-state index contributed by atoms with van der Waals surface area (Å²) in [4.78, 5) is 15.6. The van der Waals surface area contributed by atoms with Crippen molar-refractivity contribution in [2.75, 3.05) is 0 Å². The third kappa shape index (κ3) is 4.43. The van der Waals surface area contributed by atoms with Gasteiger partial charge in [0.15, 0.2) is 5.78 Å². The number of hydrogen-bond acceptors (Lipinski definition) is 4. The predicted molar refractivity (Wildman–Crippen MR) is 104 cm³/mol. The van der Waals surface area contributed by atoms with Gasteiger partial charge < -0.3 is 14.5 Å². The number of benzene rings is 1. The number of ketones is 1. The second-order valence-electron chi connectivity index (χ2n) is 7.03. The average molecular weight is 553 g/mol. The zero-order valence-corrected chi connectivity index (χ0v) is 17.9. The van der Waals surface area contributed by atoms with Crippen LogP contribution in [0.4, 0.5) is 0 Å². The summed E-state index contributed by atoms with van der Waals surface area (Å²) in [6.45, 7) is 0. The quantitative estimate of drug-likeness (QED) is 0.397. The Labute approximate surface area is 178 Å². The first-order valence-corrected chi connectivity index (χ1v) is 9.50. The van der Waals surface area contributed by atoms with Gasteiger partial charge in [-0.25, -0.2) is 0 Å². The summed E-state index contributed by atoms with van der Waals surface area (Å²) < 4.78 is 5.64. The number of carbonyl (C=O) groups excluding carboxylic acids is 1. The second-order valence-corrected chi connectivity index (χ2v) is 7.03. The second kappa shape index (κ2) is 9.31. The van der Waals surface area contributed by atoms with Gasteiger partial charge >= 0.3 is 0 Å². The molecular weight excluding hydrogens is 530 g/mol. The van der Waals surface area contributed by atoms with Gasteiger partial charge in [0.2, 0.25) is 0 Å². The molecule has 1 radical (unpaired) electrons. The normalized spacial score (nSPS) is 18.7. The predicted octanol–water partition coefficient (Wildman–Crippen LogP) is 5.64. The third-order valence-corrected chi connectivity index (χ3v) is 5.19. The van der Waals surface area contributed by atoms with E-state index in [0.717, 1.165) is 54.3 Å². The summed E-state index contributed by atoms with van der Waals surface area (Å²) in [5.41, 5.74) is 2.43. The molecule has 5 rings (SSSR count). The Morgan fingerprint density at radius 2 is 1.79 bits per heavy atom. The fourth-order valence-electron chi connectivity index (χ4n) is 3.88. The van der Waals surface area contributed by atoms with Crippen LogP contribution in [0.15, 0.2) is 64.4 Å². The molecule has 0 bridgehead atoms. The summed E-state index contributed by atoms with van der Waals surface area (Å²) in [5, 5.41) is 10.5. The van der Waals surface area contributed by atoms with E-state index in [0.29, 0.717) is 23.9 Å². The van der Waals surface area contributed by atoms with E-state index < -0.39 is 0 Å². The van der Waals surface area contributed by atoms with Crippen LogP contribution in [0, 0.1) is 12.0 Å². The molecule has 1 fully saturated rings. The number of nitrogens with zero attached hydrogens (tertiary/aromatic N) is 1. The summed E-state index contributed by atoms with van der Waals surface area (Å²) in [6.07, 6.45) is 7.38. The number of furan rings is 1. The van der Waals surface area contributed by atoms with Crippen LogP contribution in [-0.4, -0.2) is 15.9 Å². The summed E-state index contributed by atoms with van der Waals surface area (Å²) in [6, 6.07) is 16.7. The molecule has 0 amide bonds. The maximum Gasteiger partial charge on any atom is 0.162 e. The number of allylic oxidation sites excluding steroid dienone is 2. The molecule has 0 saturated heterocycles. The van der Waals surface area contributed by atoms with Gasteiger partial charge in [0.1, 0.15) is 0 Å². The first-order valence-electron chi connectivity index (χ1n) is 9.50. The van der Waals surface area contributed by atoms with Gasteiger partial charge in [0, 0.05) is 56.0 Å². The largest absolute Gasteiger partial charge is 0.518 e. The molecule has 5 heteroatoms. The molecule has 4 nitrogen and oxygen atoms in total. The van der Waals surface area contributed by atoms with Crippen LogP contribution in [0.25, 0.3) is 22.4 Å². The summed E-state index contributed by atoms with van der Waals surface area (Å²) >= 11 is 0. The number of para-hydroxylation sites is 1. The van der Waals surface area contributed by atoms with E-state index in [1.54, 1.807) is 6.20 Å². The van der Waals surface area contributed by atoms with E-state index in [1.165, 1.54) is 0 Å². The van der Waals surface area contributed by atoms with Crippen LogP contribution in [0.1, 0.15) is 38.5 Å².